The van der Waals surface area contributed by atoms with Gasteiger partial charge in [-0.15, -0.1) is 0 Å². The minimum Gasteiger partial charge on any atom is -0.444 e. The molecular weight excluding hydrogens is 434 g/mol. The molecule has 6 nitrogen and oxygen atoms in total. The van der Waals surface area contributed by atoms with E-state index in [0.29, 0.717) is 12.5 Å². The molecule has 1 aliphatic heterocycles. The van der Waals surface area contributed by atoms with Crippen LogP contribution in [0.1, 0.15) is 64.1 Å². The molecule has 2 fully saturated rings. The first-order valence-electron chi connectivity index (χ1n) is 10.6. The van der Waals surface area contributed by atoms with Crippen molar-refractivity contribution >= 4 is 27.9 Å². The SMILES string of the molecule is CC(C)(C)OC(=O)N[C@@H]1C[C@H]2CCC[C@@]2(C(=O)N2CCc3ncc(Br)cc3C2)C1. The number of aromatic nitrogens is 1. The maximum atomic E-state index is 13.7. The fourth-order valence-electron chi connectivity index (χ4n) is 5.46. The number of hydrogen-bond acceptors (Lipinski definition) is 4. The van der Waals surface area contributed by atoms with Crippen LogP contribution in [-0.2, 0) is 22.5 Å². The predicted molar refractivity (Wildman–Crippen MR) is 113 cm³/mol. The monoisotopic (exact) mass is 463 g/mol. The zero-order chi connectivity index (χ0) is 20.8. The molecule has 2 heterocycles. The van der Waals surface area contributed by atoms with Gasteiger partial charge in [-0.3, -0.25) is 9.78 Å². The summed E-state index contributed by atoms with van der Waals surface area (Å²) < 4.78 is 6.37. The van der Waals surface area contributed by atoms with Crippen molar-refractivity contribution in [2.24, 2.45) is 11.3 Å². The summed E-state index contributed by atoms with van der Waals surface area (Å²) in [6.45, 7) is 6.94. The van der Waals surface area contributed by atoms with Crippen molar-refractivity contribution in [1.29, 1.82) is 0 Å². The van der Waals surface area contributed by atoms with E-state index in [1.807, 2.05) is 31.9 Å². The normalized spacial score (nSPS) is 28.6. The van der Waals surface area contributed by atoms with Crippen LogP contribution in [0.5, 0.6) is 0 Å². The Morgan fingerprint density at radius 1 is 1.38 bits per heavy atom. The van der Waals surface area contributed by atoms with Gasteiger partial charge in [-0.2, -0.15) is 0 Å². The number of ether oxygens (including phenoxy) is 1. The second-order valence-corrected chi connectivity index (χ2v) is 10.7. The van der Waals surface area contributed by atoms with E-state index in [2.05, 4.69) is 32.3 Å². The van der Waals surface area contributed by atoms with Gasteiger partial charge in [-0.05, 0) is 79.9 Å². The molecule has 1 aromatic rings. The first-order chi connectivity index (χ1) is 13.7. The molecule has 2 saturated carbocycles. The highest BCUT2D eigenvalue weighted by molar-refractivity contribution is 9.10. The summed E-state index contributed by atoms with van der Waals surface area (Å²) in [4.78, 5) is 32.5. The van der Waals surface area contributed by atoms with Crippen molar-refractivity contribution in [2.75, 3.05) is 6.54 Å². The van der Waals surface area contributed by atoms with Crippen LogP contribution in [-0.4, -0.2) is 40.1 Å². The summed E-state index contributed by atoms with van der Waals surface area (Å²) in [6.07, 6.45) is 6.90. The lowest BCUT2D eigenvalue weighted by atomic mass is 9.78. The first kappa shape index (κ1) is 20.6. The highest BCUT2D eigenvalue weighted by atomic mass is 79.9. The van der Waals surface area contributed by atoms with Crippen LogP contribution in [0.3, 0.4) is 0 Å². The Kier molecular flexibility index (Phi) is 5.38. The average molecular weight is 464 g/mol. The number of carbonyl (C=O) groups is 2. The molecule has 158 valence electrons. The van der Waals surface area contributed by atoms with E-state index in [1.165, 1.54) is 0 Å². The summed E-state index contributed by atoms with van der Waals surface area (Å²) in [6, 6.07) is 2.08. The van der Waals surface area contributed by atoms with Crippen molar-refractivity contribution in [3.63, 3.8) is 0 Å². The topological polar surface area (TPSA) is 71.5 Å². The summed E-state index contributed by atoms with van der Waals surface area (Å²) in [5.74, 6) is 0.607. The van der Waals surface area contributed by atoms with Crippen LogP contribution in [0.2, 0.25) is 0 Å². The molecule has 0 radical (unpaired) electrons. The van der Waals surface area contributed by atoms with Gasteiger partial charge in [0.1, 0.15) is 5.60 Å². The van der Waals surface area contributed by atoms with Gasteiger partial charge in [0.15, 0.2) is 0 Å². The Hall–Kier alpha value is -1.63. The van der Waals surface area contributed by atoms with Crippen LogP contribution < -0.4 is 5.32 Å². The van der Waals surface area contributed by atoms with Crippen LogP contribution in [0.4, 0.5) is 4.79 Å². The minimum absolute atomic E-state index is 0.00647. The molecule has 3 atom stereocenters. The van der Waals surface area contributed by atoms with E-state index in [0.717, 1.165) is 60.8 Å². The Morgan fingerprint density at radius 2 is 2.17 bits per heavy atom. The van der Waals surface area contributed by atoms with Crippen molar-refractivity contribution in [3.8, 4) is 0 Å². The molecular formula is C22H30BrN3O3. The molecule has 0 bridgehead atoms. The van der Waals surface area contributed by atoms with Crippen molar-refractivity contribution in [2.45, 2.75) is 77.5 Å². The van der Waals surface area contributed by atoms with E-state index in [-0.39, 0.29) is 23.5 Å². The lowest BCUT2D eigenvalue weighted by Gasteiger charge is -2.37. The summed E-state index contributed by atoms with van der Waals surface area (Å²) in [5.41, 5.74) is 1.37. The Balaban J connectivity index is 1.47. The van der Waals surface area contributed by atoms with Crippen LogP contribution in [0, 0.1) is 11.3 Å². The summed E-state index contributed by atoms with van der Waals surface area (Å²) >= 11 is 3.49. The van der Waals surface area contributed by atoms with E-state index >= 15 is 0 Å². The summed E-state index contributed by atoms with van der Waals surface area (Å²) in [5, 5.41) is 3.02. The molecule has 29 heavy (non-hydrogen) atoms. The van der Waals surface area contributed by atoms with Crippen molar-refractivity contribution in [1.82, 2.24) is 15.2 Å². The fraction of sp³-hybridized carbons (Fsp3) is 0.682. The first-order valence-corrected chi connectivity index (χ1v) is 11.4. The van der Waals surface area contributed by atoms with Gasteiger partial charge in [0.2, 0.25) is 5.91 Å². The molecule has 0 spiro atoms. The maximum Gasteiger partial charge on any atom is 0.407 e. The van der Waals surface area contributed by atoms with Gasteiger partial charge in [-0.1, -0.05) is 6.42 Å². The van der Waals surface area contributed by atoms with Gasteiger partial charge >= 0.3 is 6.09 Å². The Morgan fingerprint density at radius 3 is 2.93 bits per heavy atom. The van der Waals surface area contributed by atoms with E-state index in [9.17, 15) is 9.59 Å². The van der Waals surface area contributed by atoms with Crippen molar-refractivity contribution in [3.05, 3.63) is 28.0 Å². The fourth-order valence-corrected chi connectivity index (χ4v) is 5.84. The number of alkyl carbamates (subject to hydrolysis) is 1. The van der Waals surface area contributed by atoms with E-state index < -0.39 is 5.60 Å². The number of hydrogen-bond donors (Lipinski definition) is 1. The molecule has 4 rings (SSSR count). The number of nitrogens with zero attached hydrogens (tertiary/aromatic N) is 2. The number of pyridine rings is 1. The minimum atomic E-state index is -0.518. The molecule has 1 aromatic heterocycles. The smallest absolute Gasteiger partial charge is 0.407 e. The third-order valence-corrected chi connectivity index (χ3v) is 7.01. The maximum absolute atomic E-state index is 13.7. The molecule has 0 unspecified atom stereocenters. The Bertz CT molecular complexity index is 822. The second kappa shape index (κ2) is 7.56. The highest BCUT2D eigenvalue weighted by Crippen LogP contribution is 2.55. The Labute approximate surface area is 180 Å². The quantitative estimate of drug-likeness (QED) is 0.712. The van der Waals surface area contributed by atoms with Gasteiger partial charge in [0.05, 0.1) is 5.41 Å². The second-order valence-electron chi connectivity index (χ2n) is 9.76. The lowest BCUT2D eigenvalue weighted by Crippen LogP contribution is -2.47. The molecule has 1 N–H and O–H groups in total. The van der Waals surface area contributed by atoms with Gasteiger partial charge in [0, 0.05) is 41.9 Å². The number of fused-ring (bicyclic) bond motifs is 2. The zero-order valence-corrected chi connectivity index (χ0v) is 19.0. The van der Waals surface area contributed by atoms with Crippen LogP contribution in [0.25, 0.3) is 0 Å². The lowest BCUT2D eigenvalue weighted by molar-refractivity contribution is -0.144. The predicted octanol–water partition coefficient (Wildman–Crippen LogP) is 4.20. The summed E-state index contributed by atoms with van der Waals surface area (Å²) in [7, 11) is 0. The number of amides is 2. The van der Waals surface area contributed by atoms with Crippen LogP contribution in [0.15, 0.2) is 16.7 Å². The molecule has 3 aliphatic rings. The van der Waals surface area contributed by atoms with Crippen molar-refractivity contribution < 1.29 is 14.3 Å². The van der Waals surface area contributed by atoms with E-state index in [4.69, 9.17) is 4.74 Å². The molecule has 0 aromatic carbocycles. The number of halogens is 1. The molecule has 2 aliphatic carbocycles. The number of carbonyl (C=O) groups excluding carboxylic acids is 2. The van der Waals surface area contributed by atoms with Gasteiger partial charge < -0.3 is 15.0 Å². The largest absolute Gasteiger partial charge is 0.444 e. The molecule has 7 heteroatoms. The van der Waals surface area contributed by atoms with Crippen LogP contribution >= 0.6 is 15.9 Å². The van der Waals surface area contributed by atoms with Gasteiger partial charge in [-0.25, -0.2) is 4.79 Å². The average Bonchev–Trinajstić information content (AvgIpc) is 3.16. The molecule has 0 saturated heterocycles. The number of rotatable bonds is 2. The third kappa shape index (κ3) is 4.16. The standard InChI is InChI=1S/C22H30BrN3O3/c1-21(2,3)29-20(28)25-17-10-15-5-4-7-22(15,11-17)19(27)26-8-6-18-14(13-26)9-16(23)12-24-18/h9,12,15,17H,4-8,10-11,13H2,1-3H3,(H,25,28)/t15-,17-,22-/m1/s1. The number of nitrogens with one attached hydrogen (secondary N) is 1. The molecule has 2 amide bonds. The zero-order valence-electron chi connectivity index (χ0n) is 17.5. The third-order valence-electron chi connectivity index (χ3n) is 6.58. The highest BCUT2D eigenvalue weighted by Gasteiger charge is 2.56. The van der Waals surface area contributed by atoms with Gasteiger partial charge in [0.25, 0.3) is 0 Å². The van der Waals surface area contributed by atoms with E-state index in [1.54, 1.807) is 0 Å².